The van der Waals surface area contributed by atoms with E-state index >= 15 is 0 Å². The largest absolute Gasteiger partial charge is 0.370 e. The monoisotopic (exact) mass is 370 g/mol. The minimum Gasteiger partial charge on any atom is -0.370 e. The van der Waals surface area contributed by atoms with Gasteiger partial charge in [0.25, 0.3) is 5.91 Å². The van der Waals surface area contributed by atoms with Crippen molar-refractivity contribution in [1.82, 2.24) is 5.32 Å². The van der Waals surface area contributed by atoms with Gasteiger partial charge in [0.1, 0.15) is 0 Å². The topological polar surface area (TPSA) is 64.3 Å². The molecule has 148 valence electrons. The maximum absolute atomic E-state index is 12.8. The summed E-state index contributed by atoms with van der Waals surface area (Å²) >= 11 is 0. The molecule has 3 N–H and O–H groups in total. The van der Waals surface area contributed by atoms with E-state index in [0.29, 0.717) is 5.92 Å². The molecule has 0 fully saturated rings. The molecule has 0 aliphatic heterocycles. The van der Waals surface area contributed by atoms with E-state index in [1.54, 1.807) is 7.11 Å². The smallest absolute Gasteiger partial charge is 0.251 e. The Kier molecular flexibility index (Phi) is 8.26. The summed E-state index contributed by atoms with van der Waals surface area (Å²) in [7, 11) is 1.56. The van der Waals surface area contributed by atoms with Crippen molar-refractivity contribution in [1.29, 1.82) is 0 Å². The van der Waals surface area contributed by atoms with Crippen LogP contribution in [0.5, 0.6) is 0 Å². The lowest BCUT2D eigenvalue weighted by Gasteiger charge is -2.27. The van der Waals surface area contributed by atoms with Crippen LogP contribution >= 0.6 is 0 Å². The van der Waals surface area contributed by atoms with Crippen LogP contribution in [-0.4, -0.2) is 25.2 Å². The van der Waals surface area contributed by atoms with Crippen molar-refractivity contribution in [3.63, 3.8) is 0 Å². The number of fused-ring (bicyclic) bond motifs is 1. The van der Waals surface area contributed by atoms with Gasteiger partial charge in [-0.15, -0.1) is 0 Å². The molecule has 27 heavy (non-hydrogen) atoms. The third kappa shape index (κ3) is 5.78. The Balaban J connectivity index is 2.03. The number of carbonyl (C=O) groups is 1. The quantitative estimate of drug-likeness (QED) is 0.643. The van der Waals surface area contributed by atoms with Gasteiger partial charge in [0, 0.05) is 13.2 Å². The number of hydrogen-bond acceptors (Lipinski definition) is 3. The SMILES string of the molecule is CCCC(CC)C[C@@H](N)C(OC)C(=O)N[C@@H](C)c1ccc2ccccc2c1. The number of methoxy groups -OCH3 is 1. The Morgan fingerprint density at radius 1 is 1.15 bits per heavy atom. The second-order valence-electron chi connectivity index (χ2n) is 7.46. The Morgan fingerprint density at radius 3 is 2.48 bits per heavy atom. The number of benzene rings is 2. The molecule has 0 aliphatic carbocycles. The van der Waals surface area contributed by atoms with E-state index in [2.05, 4.69) is 49.5 Å². The first kappa shape index (κ1) is 21.4. The molecule has 4 nitrogen and oxygen atoms in total. The Hall–Kier alpha value is -1.91. The van der Waals surface area contributed by atoms with Crippen LogP contribution in [0.25, 0.3) is 10.8 Å². The van der Waals surface area contributed by atoms with E-state index in [0.717, 1.165) is 31.2 Å². The van der Waals surface area contributed by atoms with Gasteiger partial charge in [-0.1, -0.05) is 69.5 Å². The fourth-order valence-corrected chi connectivity index (χ4v) is 3.74. The first-order valence-corrected chi connectivity index (χ1v) is 10.1. The lowest BCUT2D eigenvalue weighted by Crippen LogP contribution is -2.48. The van der Waals surface area contributed by atoms with E-state index in [-0.39, 0.29) is 18.0 Å². The van der Waals surface area contributed by atoms with Gasteiger partial charge < -0.3 is 15.8 Å². The number of nitrogens with two attached hydrogens (primary N) is 1. The molecule has 4 heteroatoms. The zero-order valence-electron chi connectivity index (χ0n) is 17.1. The number of carbonyl (C=O) groups excluding carboxylic acids is 1. The fraction of sp³-hybridized carbons (Fsp3) is 0.522. The molecule has 2 unspecified atom stereocenters. The highest BCUT2D eigenvalue weighted by Gasteiger charge is 2.28. The third-order valence-corrected chi connectivity index (χ3v) is 5.41. The van der Waals surface area contributed by atoms with Crippen molar-refractivity contribution in [2.75, 3.05) is 7.11 Å². The molecule has 0 aliphatic rings. The highest BCUT2D eigenvalue weighted by Crippen LogP contribution is 2.22. The first-order valence-electron chi connectivity index (χ1n) is 10.1. The summed E-state index contributed by atoms with van der Waals surface area (Å²) in [4.78, 5) is 12.8. The van der Waals surface area contributed by atoms with Crippen LogP contribution in [0.4, 0.5) is 0 Å². The minimum absolute atomic E-state index is 0.107. The fourth-order valence-electron chi connectivity index (χ4n) is 3.74. The molecule has 2 aromatic rings. The maximum atomic E-state index is 12.8. The van der Waals surface area contributed by atoms with Crippen LogP contribution in [0.15, 0.2) is 42.5 Å². The molecule has 1 amide bonds. The average molecular weight is 371 g/mol. The predicted molar refractivity (Wildman–Crippen MR) is 113 cm³/mol. The summed E-state index contributed by atoms with van der Waals surface area (Å²) < 4.78 is 5.47. The predicted octanol–water partition coefficient (Wildman–Crippen LogP) is 4.58. The highest BCUT2D eigenvalue weighted by atomic mass is 16.5. The van der Waals surface area contributed by atoms with Gasteiger partial charge in [-0.05, 0) is 41.7 Å². The second kappa shape index (κ2) is 10.4. The van der Waals surface area contributed by atoms with Crippen molar-refractivity contribution in [3.05, 3.63) is 48.0 Å². The molecule has 0 spiro atoms. The van der Waals surface area contributed by atoms with Gasteiger partial charge >= 0.3 is 0 Å². The molecule has 0 saturated heterocycles. The molecular weight excluding hydrogens is 336 g/mol. The number of nitrogens with one attached hydrogen (secondary N) is 1. The van der Waals surface area contributed by atoms with Crippen LogP contribution < -0.4 is 11.1 Å². The van der Waals surface area contributed by atoms with Crippen molar-refractivity contribution >= 4 is 16.7 Å². The van der Waals surface area contributed by atoms with Crippen LogP contribution in [0.3, 0.4) is 0 Å². The molecule has 0 radical (unpaired) electrons. The molecule has 2 rings (SSSR count). The van der Waals surface area contributed by atoms with Crippen LogP contribution in [0.2, 0.25) is 0 Å². The molecule has 0 bridgehead atoms. The van der Waals surface area contributed by atoms with Gasteiger partial charge in [-0.3, -0.25) is 4.79 Å². The van der Waals surface area contributed by atoms with Crippen molar-refractivity contribution in [2.45, 2.75) is 64.6 Å². The third-order valence-electron chi connectivity index (χ3n) is 5.41. The summed E-state index contributed by atoms with van der Waals surface area (Å²) in [6.45, 7) is 6.35. The van der Waals surface area contributed by atoms with Gasteiger partial charge in [0.2, 0.25) is 0 Å². The Labute approximate surface area is 163 Å². The molecule has 2 aromatic carbocycles. The molecule has 0 heterocycles. The number of hydrogen-bond donors (Lipinski definition) is 2. The van der Waals surface area contributed by atoms with E-state index in [1.165, 1.54) is 10.8 Å². The summed E-state index contributed by atoms with van der Waals surface area (Å²) in [5, 5.41) is 5.43. The zero-order valence-corrected chi connectivity index (χ0v) is 17.1. The van der Waals surface area contributed by atoms with Crippen LogP contribution in [-0.2, 0) is 9.53 Å². The van der Waals surface area contributed by atoms with Gasteiger partial charge in [0.05, 0.1) is 6.04 Å². The van der Waals surface area contributed by atoms with Crippen molar-refractivity contribution < 1.29 is 9.53 Å². The van der Waals surface area contributed by atoms with E-state index in [1.807, 2.05) is 19.1 Å². The summed E-state index contributed by atoms with van der Waals surface area (Å²) in [6.07, 6.45) is 3.52. The number of ether oxygens (including phenoxy) is 1. The summed E-state index contributed by atoms with van der Waals surface area (Å²) in [5.74, 6) is 0.394. The Morgan fingerprint density at radius 2 is 1.85 bits per heavy atom. The zero-order chi connectivity index (χ0) is 19.8. The first-order chi connectivity index (χ1) is 13.0. The Bertz CT molecular complexity index is 731. The standard InChI is InChI=1S/C23H34N2O2/c1-5-9-17(6-2)14-21(24)22(27-4)23(26)25-16(3)19-13-12-18-10-7-8-11-20(18)15-19/h7-8,10-13,15-17,21-22H,5-6,9,14,24H2,1-4H3,(H,25,26)/t16-,17?,21+,22?/m0/s1. The maximum Gasteiger partial charge on any atom is 0.251 e. The van der Waals surface area contributed by atoms with Crippen molar-refractivity contribution in [2.24, 2.45) is 11.7 Å². The van der Waals surface area contributed by atoms with Crippen LogP contribution in [0, 0.1) is 5.92 Å². The molecule has 0 aromatic heterocycles. The van der Waals surface area contributed by atoms with E-state index in [9.17, 15) is 4.79 Å². The summed E-state index contributed by atoms with van der Waals surface area (Å²) in [5.41, 5.74) is 7.41. The molecule has 0 saturated carbocycles. The van der Waals surface area contributed by atoms with Crippen molar-refractivity contribution in [3.8, 4) is 0 Å². The lowest BCUT2D eigenvalue weighted by atomic mass is 9.90. The number of amides is 1. The lowest BCUT2D eigenvalue weighted by molar-refractivity contribution is -0.133. The molecular formula is C23H34N2O2. The van der Waals surface area contributed by atoms with Gasteiger partial charge in [-0.2, -0.15) is 0 Å². The van der Waals surface area contributed by atoms with Crippen LogP contribution in [0.1, 0.15) is 58.1 Å². The van der Waals surface area contributed by atoms with Gasteiger partial charge in [0.15, 0.2) is 6.10 Å². The van der Waals surface area contributed by atoms with E-state index in [4.69, 9.17) is 10.5 Å². The summed E-state index contributed by atoms with van der Waals surface area (Å²) in [6, 6.07) is 14.1. The van der Waals surface area contributed by atoms with Gasteiger partial charge in [-0.25, -0.2) is 0 Å². The second-order valence-corrected chi connectivity index (χ2v) is 7.46. The normalized spacial score (nSPS) is 15.9. The highest BCUT2D eigenvalue weighted by molar-refractivity contribution is 5.84. The minimum atomic E-state index is -0.626. The number of rotatable bonds is 10. The molecule has 4 atom stereocenters. The van der Waals surface area contributed by atoms with E-state index < -0.39 is 6.10 Å². The average Bonchev–Trinajstić information content (AvgIpc) is 2.67.